The maximum Gasteiger partial charge on any atom is 0.187 e. The van der Waals surface area contributed by atoms with Crippen LogP contribution in [0, 0.1) is 0 Å². The van der Waals surface area contributed by atoms with Gasteiger partial charge in [0.25, 0.3) is 0 Å². The van der Waals surface area contributed by atoms with Crippen molar-refractivity contribution < 1.29 is 0 Å². The first-order valence-electron chi connectivity index (χ1n) is 3.14. The van der Waals surface area contributed by atoms with Crippen molar-refractivity contribution >= 4 is 33.3 Å². The van der Waals surface area contributed by atoms with Gasteiger partial charge in [-0.15, -0.1) is 11.3 Å². The highest BCUT2D eigenvalue weighted by molar-refractivity contribution is 7.98. The summed E-state index contributed by atoms with van der Waals surface area (Å²) in [5.74, 6) is 0. The third-order valence-corrected chi connectivity index (χ3v) is 2.77. The Morgan fingerprint density at radius 1 is 1.55 bits per heavy atom. The van der Waals surface area contributed by atoms with Crippen LogP contribution in [0.5, 0.6) is 0 Å². The third-order valence-electron chi connectivity index (χ3n) is 1.36. The number of fused-ring (bicyclic) bond motifs is 1. The van der Waals surface area contributed by atoms with E-state index < -0.39 is 0 Å². The Hall–Kier alpha value is -0.610. The zero-order valence-electron chi connectivity index (χ0n) is 5.94. The zero-order valence-corrected chi connectivity index (χ0v) is 7.58. The standard InChI is InChI=1S/C7H6N2S2/c1-10-7-8-4-6-5(9-7)2-3-11-6/h2-4H,1H3. The van der Waals surface area contributed by atoms with Gasteiger partial charge in [-0.05, 0) is 17.7 Å². The van der Waals surface area contributed by atoms with Gasteiger partial charge in [0.05, 0.1) is 10.2 Å². The molecular formula is C7H6N2S2. The lowest BCUT2D eigenvalue weighted by Gasteiger charge is -1.92. The highest BCUT2D eigenvalue weighted by Crippen LogP contribution is 2.19. The van der Waals surface area contributed by atoms with Crippen molar-refractivity contribution in [3.05, 3.63) is 17.6 Å². The number of thioether (sulfide) groups is 1. The molecule has 0 fully saturated rings. The van der Waals surface area contributed by atoms with Gasteiger partial charge in [-0.1, -0.05) is 11.8 Å². The largest absolute Gasteiger partial charge is 0.230 e. The molecule has 56 valence electrons. The second kappa shape index (κ2) is 2.79. The van der Waals surface area contributed by atoms with Crippen molar-refractivity contribution in [3.8, 4) is 0 Å². The average Bonchev–Trinajstić information content (AvgIpc) is 2.50. The van der Waals surface area contributed by atoms with Crippen LogP contribution in [0.25, 0.3) is 10.2 Å². The maximum atomic E-state index is 4.32. The molecule has 0 aliphatic heterocycles. The Kier molecular flexibility index (Phi) is 1.79. The Balaban J connectivity index is 2.67. The monoisotopic (exact) mass is 182 g/mol. The minimum Gasteiger partial charge on any atom is -0.230 e. The van der Waals surface area contributed by atoms with E-state index in [9.17, 15) is 0 Å². The van der Waals surface area contributed by atoms with Gasteiger partial charge in [0.1, 0.15) is 0 Å². The Labute approximate surface area is 72.7 Å². The lowest BCUT2D eigenvalue weighted by atomic mass is 10.5. The summed E-state index contributed by atoms with van der Waals surface area (Å²) < 4.78 is 1.16. The molecule has 0 saturated heterocycles. The van der Waals surface area contributed by atoms with Crippen LogP contribution < -0.4 is 0 Å². The van der Waals surface area contributed by atoms with Gasteiger partial charge in [-0.3, -0.25) is 0 Å². The molecule has 2 aromatic heterocycles. The molecule has 0 saturated carbocycles. The van der Waals surface area contributed by atoms with E-state index in [1.807, 2.05) is 23.9 Å². The van der Waals surface area contributed by atoms with E-state index in [1.165, 1.54) is 0 Å². The van der Waals surface area contributed by atoms with Gasteiger partial charge in [0.15, 0.2) is 5.16 Å². The van der Waals surface area contributed by atoms with Crippen molar-refractivity contribution in [1.29, 1.82) is 0 Å². The van der Waals surface area contributed by atoms with Gasteiger partial charge in [0.2, 0.25) is 0 Å². The molecule has 0 amide bonds. The molecule has 2 nitrogen and oxygen atoms in total. The van der Waals surface area contributed by atoms with Crippen LogP contribution in [0.1, 0.15) is 0 Å². The smallest absolute Gasteiger partial charge is 0.187 e. The quantitative estimate of drug-likeness (QED) is 0.500. The first-order valence-corrected chi connectivity index (χ1v) is 5.25. The molecule has 0 bridgehead atoms. The van der Waals surface area contributed by atoms with Gasteiger partial charge < -0.3 is 0 Å². The summed E-state index contributed by atoms with van der Waals surface area (Å²) in [7, 11) is 0. The molecule has 2 rings (SSSR count). The predicted octanol–water partition coefficient (Wildman–Crippen LogP) is 2.41. The maximum absolute atomic E-state index is 4.32. The minimum absolute atomic E-state index is 0.843. The van der Waals surface area contributed by atoms with Crippen molar-refractivity contribution in [2.24, 2.45) is 0 Å². The summed E-state index contributed by atoms with van der Waals surface area (Å²) in [6, 6.07) is 2.02. The zero-order chi connectivity index (χ0) is 7.68. The molecule has 0 N–H and O–H groups in total. The third kappa shape index (κ3) is 1.23. The van der Waals surface area contributed by atoms with Crippen LogP contribution in [0.4, 0.5) is 0 Å². The summed E-state index contributed by atoms with van der Waals surface area (Å²) in [5, 5.41) is 2.87. The molecule has 0 radical (unpaired) electrons. The van der Waals surface area contributed by atoms with Crippen LogP contribution >= 0.6 is 23.1 Å². The fourth-order valence-electron chi connectivity index (χ4n) is 0.847. The van der Waals surface area contributed by atoms with E-state index >= 15 is 0 Å². The Morgan fingerprint density at radius 3 is 3.27 bits per heavy atom. The molecule has 2 heterocycles. The van der Waals surface area contributed by atoms with Crippen molar-refractivity contribution in [3.63, 3.8) is 0 Å². The van der Waals surface area contributed by atoms with E-state index in [2.05, 4.69) is 9.97 Å². The molecule has 0 unspecified atom stereocenters. The van der Waals surface area contributed by atoms with Crippen LogP contribution in [0.3, 0.4) is 0 Å². The summed E-state index contributed by atoms with van der Waals surface area (Å²) in [4.78, 5) is 8.48. The van der Waals surface area contributed by atoms with E-state index in [0.717, 1.165) is 15.4 Å². The topological polar surface area (TPSA) is 25.8 Å². The first kappa shape index (κ1) is 7.06. The molecule has 4 heteroatoms. The average molecular weight is 182 g/mol. The number of aromatic nitrogens is 2. The van der Waals surface area contributed by atoms with E-state index in [1.54, 1.807) is 23.1 Å². The fourth-order valence-corrected chi connectivity index (χ4v) is 1.89. The Morgan fingerprint density at radius 2 is 2.45 bits per heavy atom. The summed E-state index contributed by atoms with van der Waals surface area (Å²) in [6.45, 7) is 0. The molecule has 0 aliphatic carbocycles. The number of hydrogen-bond acceptors (Lipinski definition) is 4. The highest BCUT2D eigenvalue weighted by Gasteiger charge is 1.97. The van der Waals surface area contributed by atoms with Crippen molar-refractivity contribution in [2.45, 2.75) is 5.16 Å². The van der Waals surface area contributed by atoms with Crippen molar-refractivity contribution in [1.82, 2.24) is 9.97 Å². The molecule has 2 aromatic rings. The van der Waals surface area contributed by atoms with Crippen LogP contribution in [-0.4, -0.2) is 16.2 Å². The second-order valence-corrected chi connectivity index (χ2v) is 3.75. The SMILES string of the molecule is CSc1ncc2sccc2n1. The van der Waals surface area contributed by atoms with E-state index in [0.29, 0.717) is 0 Å². The summed E-state index contributed by atoms with van der Waals surface area (Å²) in [5.41, 5.74) is 1.05. The second-order valence-electron chi connectivity index (χ2n) is 2.03. The first-order chi connectivity index (χ1) is 5.40. The Bertz CT molecular complexity index is 369. The van der Waals surface area contributed by atoms with Gasteiger partial charge >= 0.3 is 0 Å². The van der Waals surface area contributed by atoms with Crippen molar-refractivity contribution in [2.75, 3.05) is 6.26 Å². The summed E-state index contributed by atoms with van der Waals surface area (Å²) >= 11 is 3.24. The lowest BCUT2D eigenvalue weighted by molar-refractivity contribution is 1.01. The lowest BCUT2D eigenvalue weighted by Crippen LogP contribution is -1.82. The van der Waals surface area contributed by atoms with Crippen LogP contribution in [-0.2, 0) is 0 Å². The molecule has 0 aliphatic rings. The number of thiophene rings is 1. The highest BCUT2D eigenvalue weighted by atomic mass is 32.2. The van der Waals surface area contributed by atoms with E-state index in [4.69, 9.17) is 0 Å². The minimum atomic E-state index is 0.843. The number of rotatable bonds is 1. The predicted molar refractivity (Wildman–Crippen MR) is 49.2 cm³/mol. The van der Waals surface area contributed by atoms with Crippen LogP contribution in [0.2, 0.25) is 0 Å². The molecule has 0 aromatic carbocycles. The number of hydrogen-bond donors (Lipinski definition) is 0. The van der Waals surface area contributed by atoms with E-state index in [-0.39, 0.29) is 0 Å². The van der Waals surface area contributed by atoms with Gasteiger partial charge in [0, 0.05) is 6.20 Å². The number of nitrogens with zero attached hydrogens (tertiary/aromatic N) is 2. The summed E-state index contributed by atoms with van der Waals surface area (Å²) in [6.07, 6.45) is 3.85. The molecular weight excluding hydrogens is 176 g/mol. The van der Waals surface area contributed by atoms with Crippen LogP contribution in [0.15, 0.2) is 22.8 Å². The molecule has 0 atom stereocenters. The van der Waals surface area contributed by atoms with Gasteiger partial charge in [-0.2, -0.15) is 0 Å². The fraction of sp³-hybridized carbons (Fsp3) is 0.143. The normalized spacial score (nSPS) is 10.6. The molecule has 11 heavy (non-hydrogen) atoms. The molecule has 0 spiro atoms. The van der Waals surface area contributed by atoms with Gasteiger partial charge in [-0.25, -0.2) is 9.97 Å².